The maximum Gasteiger partial charge on any atom is 0.119 e. The Labute approximate surface area is 97.2 Å². The van der Waals surface area contributed by atoms with Gasteiger partial charge in [0.1, 0.15) is 5.75 Å². The number of benzene rings is 1. The zero-order valence-electron chi connectivity index (χ0n) is 10.0. The predicted molar refractivity (Wildman–Crippen MR) is 67.9 cm³/mol. The first-order valence-corrected chi connectivity index (χ1v) is 5.57. The van der Waals surface area contributed by atoms with Crippen LogP contribution in [0.3, 0.4) is 0 Å². The van der Waals surface area contributed by atoms with Gasteiger partial charge in [-0.25, -0.2) is 0 Å². The largest absolute Gasteiger partial charge is 0.494 e. The Morgan fingerprint density at radius 3 is 2.44 bits per heavy atom. The lowest BCUT2D eigenvalue weighted by Gasteiger charge is -2.22. The minimum atomic E-state index is 0.0107. The summed E-state index contributed by atoms with van der Waals surface area (Å²) in [5, 5.41) is 0. The molecule has 0 aliphatic heterocycles. The van der Waals surface area contributed by atoms with E-state index in [4.69, 9.17) is 16.2 Å². The van der Waals surface area contributed by atoms with E-state index in [1.807, 2.05) is 38.2 Å². The highest BCUT2D eigenvalue weighted by atomic mass is 16.5. The summed E-state index contributed by atoms with van der Waals surface area (Å²) in [7, 11) is 2.01. The zero-order chi connectivity index (χ0) is 12.0. The SMILES string of the molecule is CCOc1ccc(N(C)CC(N)CN)cc1. The van der Waals surface area contributed by atoms with E-state index < -0.39 is 0 Å². The third-order valence-electron chi connectivity index (χ3n) is 2.40. The molecular weight excluding hydrogens is 202 g/mol. The maximum absolute atomic E-state index is 5.80. The van der Waals surface area contributed by atoms with Crippen LogP contribution in [0.25, 0.3) is 0 Å². The maximum atomic E-state index is 5.80. The molecule has 1 rings (SSSR count). The summed E-state index contributed by atoms with van der Waals surface area (Å²) >= 11 is 0. The number of ether oxygens (including phenoxy) is 1. The molecule has 0 saturated carbocycles. The molecule has 4 N–H and O–H groups in total. The molecule has 1 aromatic rings. The second kappa shape index (κ2) is 6.35. The lowest BCUT2D eigenvalue weighted by molar-refractivity contribution is 0.340. The monoisotopic (exact) mass is 223 g/mol. The van der Waals surface area contributed by atoms with Gasteiger partial charge in [-0.05, 0) is 31.2 Å². The number of hydrogen-bond donors (Lipinski definition) is 2. The summed E-state index contributed by atoms with van der Waals surface area (Å²) < 4.78 is 5.38. The molecule has 0 radical (unpaired) electrons. The summed E-state index contributed by atoms with van der Waals surface area (Å²) in [5.74, 6) is 0.891. The van der Waals surface area contributed by atoms with Crippen molar-refractivity contribution >= 4 is 5.69 Å². The number of likely N-dealkylation sites (N-methyl/N-ethyl adjacent to an activating group) is 1. The molecule has 4 nitrogen and oxygen atoms in total. The quantitative estimate of drug-likeness (QED) is 0.749. The molecule has 4 heteroatoms. The highest BCUT2D eigenvalue weighted by molar-refractivity contribution is 5.48. The van der Waals surface area contributed by atoms with Crippen LogP contribution in [0, 0.1) is 0 Å². The molecule has 90 valence electrons. The smallest absolute Gasteiger partial charge is 0.119 e. The van der Waals surface area contributed by atoms with Gasteiger partial charge in [0.15, 0.2) is 0 Å². The van der Waals surface area contributed by atoms with Crippen LogP contribution in [-0.4, -0.2) is 32.8 Å². The van der Waals surface area contributed by atoms with Crippen molar-refractivity contribution in [3.8, 4) is 5.75 Å². The molecule has 0 heterocycles. The van der Waals surface area contributed by atoms with Gasteiger partial charge in [0.25, 0.3) is 0 Å². The van der Waals surface area contributed by atoms with Gasteiger partial charge in [0.2, 0.25) is 0 Å². The molecule has 1 aromatic carbocycles. The van der Waals surface area contributed by atoms with Crippen molar-refractivity contribution < 1.29 is 4.74 Å². The Balaban J connectivity index is 2.59. The molecule has 0 aliphatic rings. The number of nitrogens with zero attached hydrogens (tertiary/aromatic N) is 1. The fourth-order valence-electron chi connectivity index (χ4n) is 1.50. The Bertz CT molecular complexity index is 300. The van der Waals surface area contributed by atoms with Crippen molar-refractivity contribution in [1.29, 1.82) is 0 Å². The summed E-state index contributed by atoms with van der Waals surface area (Å²) in [4.78, 5) is 2.09. The molecule has 0 spiro atoms. The van der Waals surface area contributed by atoms with Gasteiger partial charge in [-0.1, -0.05) is 0 Å². The van der Waals surface area contributed by atoms with Gasteiger partial charge < -0.3 is 21.1 Å². The van der Waals surface area contributed by atoms with Crippen LogP contribution < -0.4 is 21.1 Å². The fraction of sp³-hybridized carbons (Fsp3) is 0.500. The van der Waals surface area contributed by atoms with E-state index in [0.717, 1.165) is 18.0 Å². The number of rotatable bonds is 6. The molecular formula is C12H21N3O. The van der Waals surface area contributed by atoms with Crippen molar-refractivity contribution in [2.24, 2.45) is 11.5 Å². The molecule has 1 unspecified atom stereocenters. The topological polar surface area (TPSA) is 64.5 Å². The summed E-state index contributed by atoms with van der Waals surface area (Å²) in [6.07, 6.45) is 0. The van der Waals surface area contributed by atoms with Gasteiger partial charge in [0.05, 0.1) is 6.61 Å². The van der Waals surface area contributed by atoms with E-state index in [0.29, 0.717) is 13.2 Å². The van der Waals surface area contributed by atoms with Gasteiger partial charge in [0, 0.05) is 31.9 Å². The van der Waals surface area contributed by atoms with Gasteiger partial charge >= 0.3 is 0 Å². The highest BCUT2D eigenvalue weighted by Gasteiger charge is 2.05. The third kappa shape index (κ3) is 3.72. The zero-order valence-corrected chi connectivity index (χ0v) is 10.0. The molecule has 0 saturated heterocycles. The average molecular weight is 223 g/mol. The lowest BCUT2D eigenvalue weighted by Crippen LogP contribution is -2.40. The van der Waals surface area contributed by atoms with Gasteiger partial charge in [-0.15, -0.1) is 0 Å². The minimum absolute atomic E-state index is 0.0107. The van der Waals surface area contributed by atoms with E-state index in [9.17, 15) is 0 Å². The minimum Gasteiger partial charge on any atom is -0.494 e. The average Bonchev–Trinajstić information content (AvgIpc) is 2.30. The normalized spacial score (nSPS) is 12.2. The highest BCUT2D eigenvalue weighted by Crippen LogP contribution is 2.18. The number of anilines is 1. The third-order valence-corrected chi connectivity index (χ3v) is 2.40. The summed E-state index contributed by atoms with van der Waals surface area (Å²) in [5.41, 5.74) is 12.4. The van der Waals surface area contributed by atoms with Crippen LogP contribution >= 0.6 is 0 Å². The predicted octanol–water partition coefficient (Wildman–Crippen LogP) is 0.808. The second-order valence-corrected chi connectivity index (χ2v) is 3.80. The molecule has 0 aromatic heterocycles. The van der Waals surface area contributed by atoms with Crippen molar-refractivity contribution in [2.75, 3.05) is 31.6 Å². The molecule has 1 atom stereocenters. The van der Waals surface area contributed by atoms with Crippen LogP contribution in [0.15, 0.2) is 24.3 Å². The first kappa shape index (κ1) is 12.8. The summed E-state index contributed by atoms with van der Waals surface area (Å²) in [6.45, 7) is 3.92. The Hall–Kier alpha value is -1.26. The van der Waals surface area contributed by atoms with E-state index >= 15 is 0 Å². The Morgan fingerprint density at radius 2 is 1.94 bits per heavy atom. The standard InChI is InChI=1S/C12H21N3O/c1-3-16-12-6-4-11(5-7-12)15(2)9-10(14)8-13/h4-7,10H,3,8-9,13-14H2,1-2H3. The Morgan fingerprint density at radius 1 is 1.31 bits per heavy atom. The van der Waals surface area contributed by atoms with E-state index in [2.05, 4.69) is 4.90 Å². The van der Waals surface area contributed by atoms with Crippen LogP contribution in [0.4, 0.5) is 5.69 Å². The molecule has 0 fully saturated rings. The fourth-order valence-corrected chi connectivity index (χ4v) is 1.50. The molecule has 0 aliphatic carbocycles. The van der Waals surface area contributed by atoms with Crippen LogP contribution in [0.5, 0.6) is 5.75 Å². The first-order chi connectivity index (χ1) is 7.67. The van der Waals surface area contributed by atoms with Gasteiger partial charge in [-0.3, -0.25) is 0 Å². The van der Waals surface area contributed by atoms with Gasteiger partial charge in [-0.2, -0.15) is 0 Å². The van der Waals surface area contributed by atoms with Crippen molar-refractivity contribution in [3.63, 3.8) is 0 Å². The lowest BCUT2D eigenvalue weighted by atomic mass is 10.2. The molecule has 16 heavy (non-hydrogen) atoms. The van der Waals surface area contributed by atoms with Crippen LogP contribution in [0.2, 0.25) is 0 Å². The van der Waals surface area contributed by atoms with Crippen molar-refractivity contribution in [3.05, 3.63) is 24.3 Å². The summed E-state index contributed by atoms with van der Waals surface area (Å²) in [6, 6.07) is 7.98. The van der Waals surface area contributed by atoms with E-state index in [1.165, 1.54) is 0 Å². The molecule has 0 bridgehead atoms. The second-order valence-electron chi connectivity index (χ2n) is 3.80. The molecule has 0 amide bonds. The first-order valence-electron chi connectivity index (χ1n) is 5.57. The number of nitrogens with two attached hydrogens (primary N) is 2. The Kier molecular flexibility index (Phi) is 5.08. The number of hydrogen-bond acceptors (Lipinski definition) is 4. The van der Waals surface area contributed by atoms with E-state index in [-0.39, 0.29) is 6.04 Å². The van der Waals surface area contributed by atoms with Crippen LogP contribution in [-0.2, 0) is 0 Å². The van der Waals surface area contributed by atoms with E-state index in [1.54, 1.807) is 0 Å². The van der Waals surface area contributed by atoms with Crippen molar-refractivity contribution in [2.45, 2.75) is 13.0 Å². The van der Waals surface area contributed by atoms with Crippen LogP contribution in [0.1, 0.15) is 6.92 Å². The van der Waals surface area contributed by atoms with Crippen molar-refractivity contribution in [1.82, 2.24) is 0 Å².